The first-order valence-corrected chi connectivity index (χ1v) is 7.51. The maximum Gasteiger partial charge on any atom is 0.195 e. The fourth-order valence-corrected chi connectivity index (χ4v) is 2.54. The van der Waals surface area contributed by atoms with Gasteiger partial charge in [0, 0.05) is 23.0 Å². The lowest BCUT2D eigenvalue weighted by atomic mass is 10.1. The molecule has 4 nitrogen and oxygen atoms in total. The predicted octanol–water partition coefficient (Wildman–Crippen LogP) is 4.41. The molecule has 0 spiro atoms. The Balaban J connectivity index is 2.55. The summed E-state index contributed by atoms with van der Waals surface area (Å²) in [6.07, 6.45) is 1.01. The Morgan fingerprint density at radius 1 is 1.30 bits per heavy atom. The molecule has 0 saturated carbocycles. The van der Waals surface area contributed by atoms with Gasteiger partial charge in [0.25, 0.3) is 0 Å². The van der Waals surface area contributed by atoms with Crippen LogP contribution in [0, 0.1) is 11.7 Å². The lowest BCUT2D eigenvalue weighted by molar-refractivity contribution is 0.528. The second-order valence-electron chi connectivity index (χ2n) is 5.50. The molecule has 5 heteroatoms. The Hall–Kier alpha value is -1.49. The predicted molar refractivity (Wildman–Crippen MR) is 84.5 cm³/mol. The summed E-state index contributed by atoms with van der Waals surface area (Å²) in [6.45, 7) is 10.6. The summed E-state index contributed by atoms with van der Waals surface area (Å²) in [7, 11) is 0. The van der Waals surface area contributed by atoms with Crippen LogP contribution >= 0.6 is 12.2 Å². The summed E-state index contributed by atoms with van der Waals surface area (Å²) in [6, 6.07) is 4.49. The van der Waals surface area contributed by atoms with Gasteiger partial charge in [-0.25, -0.2) is 0 Å². The zero-order valence-corrected chi connectivity index (χ0v) is 13.6. The first-order chi connectivity index (χ1) is 9.45. The highest BCUT2D eigenvalue weighted by molar-refractivity contribution is 7.71. The molecule has 1 unspecified atom stereocenters. The number of rotatable bonds is 4. The van der Waals surface area contributed by atoms with Gasteiger partial charge in [0.2, 0.25) is 0 Å². The van der Waals surface area contributed by atoms with Gasteiger partial charge in [-0.15, -0.1) is 0 Å². The molecule has 1 N–H and O–H groups in total. The van der Waals surface area contributed by atoms with E-state index in [1.807, 2.05) is 6.92 Å². The van der Waals surface area contributed by atoms with E-state index in [4.69, 9.17) is 12.2 Å². The molecule has 2 aromatic rings. The smallest absolute Gasteiger partial charge is 0.195 e. The maximum absolute atomic E-state index is 5.35. The van der Waals surface area contributed by atoms with Crippen molar-refractivity contribution in [2.75, 3.05) is 0 Å². The van der Waals surface area contributed by atoms with Crippen LogP contribution in [0.15, 0.2) is 12.1 Å². The molecular weight excluding hydrogens is 268 g/mol. The minimum atomic E-state index is 0.320. The van der Waals surface area contributed by atoms with Gasteiger partial charge >= 0.3 is 0 Å². The lowest BCUT2D eigenvalue weighted by Crippen LogP contribution is -2.07. The number of aryl methyl sites for hydroxylation is 1. The first kappa shape index (κ1) is 14.9. The van der Waals surface area contributed by atoms with Gasteiger partial charge in [0.15, 0.2) is 10.6 Å². The van der Waals surface area contributed by atoms with Gasteiger partial charge in [0.1, 0.15) is 0 Å². The van der Waals surface area contributed by atoms with E-state index in [-0.39, 0.29) is 0 Å². The third-order valence-corrected chi connectivity index (χ3v) is 3.96. The highest BCUT2D eigenvalue weighted by Gasteiger charge is 2.16. The molecule has 0 fully saturated rings. The number of pyridine rings is 1. The Morgan fingerprint density at radius 3 is 2.55 bits per heavy atom. The van der Waals surface area contributed by atoms with Gasteiger partial charge in [-0.1, -0.05) is 20.8 Å². The number of H-pyrrole nitrogens is 1. The summed E-state index contributed by atoms with van der Waals surface area (Å²) in [4.78, 5) is 4.68. The zero-order chi connectivity index (χ0) is 14.9. The van der Waals surface area contributed by atoms with E-state index in [1.165, 1.54) is 0 Å². The Bertz CT molecular complexity index is 654. The molecular formula is C15H22N4S. The van der Waals surface area contributed by atoms with Crippen LogP contribution < -0.4 is 0 Å². The summed E-state index contributed by atoms with van der Waals surface area (Å²) >= 11 is 5.35. The van der Waals surface area contributed by atoms with E-state index in [0.29, 0.717) is 16.7 Å². The number of nitrogens with one attached hydrogen (secondary N) is 1. The first-order valence-electron chi connectivity index (χ1n) is 7.10. The summed E-state index contributed by atoms with van der Waals surface area (Å²) in [5.41, 5.74) is 3.15. The molecule has 0 amide bonds. The number of aromatic amines is 1. The van der Waals surface area contributed by atoms with Crippen molar-refractivity contribution >= 4 is 12.2 Å². The Morgan fingerprint density at radius 2 is 2.00 bits per heavy atom. The molecule has 1 atom stereocenters. The second kappa shape index (κ2) is 5.87. The normalized spacial score (nSPS) is 12.9. The van der Waals surface area contributed by atoms with Gasteiger partial charge < -0.3 is 0 Å². The molecule has 0 bridgehead atoms. The average Bonchev–Trinajstić information content (AvgIpc) is 2.79. The minimum absolute atomic E-state index is 0.320. The van der Waals surface area contributed by atoms with Gasteiger partial charge in [-0.2, -0.15) is 5.10 Å². The molecule has 0 aliphatic heterocycles. The van der Waals surface area contributed by atoms with Crippen molar-refractivity contribution in [2.24, 2.45) is 0 Å². The summed E-state index contributed by atoms with van der Waals surface area (Å²) in [5, 5.41) is 7.30. The van der Waals surface area contributed by atoms with Crippen molar-refractivity contribution in [3.05, 3.63) is 28.3 Å². The quantitative estimate of drug-likeness (QED) is 0.849. The fourth-order valence-electron chi connectivity index (χ4n) is 2.22. The second-order valence-corrected chi connectivity index (χ2v) is 5.89. The van der Waals surface area contributed by atoms with E-state index in [2.05, 4.69) is 59.6 Å². The van der Waals surface area contributed by atoms with Gasteiger partial charge in [-0.05, 0) is 50.5 Å². The lowest BCUT2D eigenvalue weighted by Gasteiger charge is -2.15. The van der Waals surface area contributed by atoms with Crippen molar-refractivity contribution in [1.82, 2.24) is 19.7 Å². The van der Waals surface area contributed by atoms with Crippen LogP contribution in [0.2, 0.25) is 0 Å². The molecule has 2 heterocycles. The van der Waals surface area contributed by atoms with Crippen LogP contribution in [0.4, 0.5) is 0 Å². The third-order valence-electron chi connectivity index (χ3n) is 3.68. The van der Waals surface area contributed by atoms with Crippen molar-refractivity contribution in [3.8, 4) is 11.4 Å². The Labute approximate surface area is 125 Å². The number of hydrogen-bond acceptors (Lipinski definition) is 3. The van der Waals surface area contributed by atoms with Crippen LogP contribution in [0.5, 0.6) is 0 Å². The molecule has 0 saturated heterocycles. The maximum atomic E-state index is 5.35. The van der Waals surface area contributed by atoms with Gasteiger partial charge in [-0.3, -0.25) is 14.6 Å². The number of hydrogen-bond donors (Lipinski definition) is 1. The third kappa shape index (κ3) is 2.68. The molecule has 0 aliphatic carbocycles. The highest BCUT2D eigenvalue weighted by atomic mass is 32.1. The van der Waals surface area contributed by atoms with E-state index in [0.717, 1.165) is 29.2 Å². The monoisotopic (exact) mass is 290 g/mol. The zero-order valence-electron chi connectivity index (χ0n) is 12.8. The molecule has 20 heavy (non-hydrogen) atoms. The van der Waals surface area contributed by atoms with Crippen molar-refractivity contribution in [3.63, 3.8) is 0 Å². The summed E-state index contributed by atoms with van der Waals surface area (Å²) in [5.74, 6) is 1.31. The van der Waals surface area contributed by atoms with E-state index in [9.17, 15) is 0 Å². The molecule has 0 aliphatic rings. The topological polar surface area (TPSA) is 46.5 Å². The van der Waals surface area contributed by atoms with E-state index in [1.54, 1.807) is 0 Å². The van der Waals surface area contributed by atoms with Crippen LogP contribution in [0.3, 0.4) is 0 Å². The van der Waals surface area contributed by atoms with E-state index < -0.39 is 0 Å². The van der Waals surface area contributed by atoms with Crippen molar-refractivity contribution < 1.29 is 0 Å². The molecule has 108 valence electrons. The van der Waals surface area contributed by atoms with Crippen LogP contribution in [0.1, 0.15) is 57.5 Å². The average molecular weight is 290 g/mol. The molecule has 2 aromatic heterocycles. The molecule has 0 radical (unpaired) electrons. The standard InChI is InChI=1S/C15H22N4S/c1-6-10(4)19-14(17-18-15(19)20)12-7-8-13(9(2)3)16-11(12)5/h7-10H,6H2,1-5H3,(H,18,20). The van der Waals surface area contributed by atoms with E-state index >= 15 is 0 Å². The van der Waals surface area contributed by atoms with Gasteiger partial charge in [0.05, 0.1) is 0 Å². The van der Waals surface area contributed by atoms with Crippen molar-refractivity contribution in [1.29, 1.82) is 0 Å². The van der Waals surface area contributed by atoms with Crippen LogP contribution in [-0.4, -0.2) is 19.7 Å². The van der Waals surface area contributed by atoms with Crippen LogP contribution in [0.25, 0.3) is 11.4 Å². The van der Waals surface area contributed by atoms with Crippen molar-refractivity contribution in [2.45, 2.75) is 53.0 Å². The minimum Gasteiger partial charge on any atom is -0.297 e. The molecule has 2 rings (SSSR count). The van der Waals surface area contributed by atoms with Crippen LogP contribution in [-0.2, 0) is 0 Å². The Kier molecular flexibility index (Phi) is 4.38. The molecule has 0 aromatic carbocycles. The highest BCUT2D eigenvalue weighted by Crippen LogP contribution is 2.26. The fraction of sp³-hybridized carbons (Fsp3) is 0.533. The number of aromatic nitrogens is 4. The SMILES string of the molecule is CCC(C)n1c(-c2ccc(C(C)C)nc2C)n[nH]c1=S. The number of nitrogens with zero attached hydrogens (tertiary/aromatic N) is 3. The summed E-state index contributed by atoms with van der Waals surface area (Å²) < 4.78 is 2.75. The largest absolute Gasteiger partial charge is 0.297 e.